The van der Waals surface area contributed by atoms with Crippen molar-refractivity contribution in [1.82, 2.24) is 0 Å². The highest BCUT2D eigenvalue weighted by Crippen LogP contribution is 2.42. The molecule has 0 saturated carbocycles. The molecule has 2 heterocycles. The van der Waals surface area contributed by atoms with Crippen LogP contribution in [0, 0.1) is 0 Å². The maximum Gasteiger partial charge on any atom is 0.181 e. The van der Waals surface area contributed by atoms with Gasteiger partial charge in [0.1, 0.15) is 11.2 Å². The summed E-state index contributed by atoms with van der Waals surface area (Å²) in [6, 6.07) is 107. The molecular formula is C72H48OSSi. The first-order chi connectivity index (χ1) is 37.2. The molecule has 0 aliphatic carbocycles. The minimum atomic E-state index is -2.77. The minimum absolute atomic E-state index is 0.911. The fraction of sp³-hybridized carbons (Fsp3) is 0. The van der Waals surface area contributed by atoms with Crippen LogP contribution < -0.4 is 20.7 Å². The van der Waals surface area contributed by atoms with Crippen LogP contribution in [0.1, 0.15) is 0 Å². The van der Waals surface area contributed by atoms with E-state index in [2.05, 4.69) is 279 Å². The molecular weight excluding hydrogens is 941 g/mol. The van der Waals surface area contributed by atoms with Gasteiger partial charge >= 0.3 is 0 Å². The Bertz CT molecular complexity index is 4320. The van der Waals surface area contributed by atoms with Gasteiger partial charge in [-0.25, -0.2) is 0 Å². The Balaban J connectivity index is 0.801. The van der Waals surface area contributed by atoms with Crippen LogP contribution in [0.5, 0.6) is 0 Å². The van der Waals surface area contributed by atoms with Crippen LogP contribution in [0.15, 0.2) is 296 Å². The lowest BCUT2D eigenvalue weighted by Gasteiger charge is -2.34. The van der Waals surface area contributed by atoms with Crippen LogP contribution in [-0.2, 0) is 0 Å². The Labute approximate surface area is 441 Å². The van der Waals surface area contributed by atoms with Gasteiger partial charge in [0, 0.05) is 36.5 Å². The van der Waals surface area contributed by atoms with E-state index in [-0.39, 0.29) is 0 Å². The average molecular weight is 989 g/mol. The molecule has 3 heteroatoms. The molecule has 0 spiro atoms. The summed E-state index contributed by atoms with van der Waals surface area (Å²) in [7, 11) is -2.77. The number of furan rings is 1. The number of thiophene rings is 1. The van der Waals surface area contributed by atoms with Gasteiger partial charge in [-0.1, -0.05) is 255 Å². The lowest BCUT2D eigenvalue weighted by atomic mass is 9.93. The van der Waals surface area contributed by atoms with E-state index in [9.17, 15) is 0 Å². The average Bonchev–Trinajstić information content (AvgIpc) is 4.12. The van der Waals surface area contributed by atoms with Gasteiger partial charge in [-0.05, 0) is 118 Å². The maximum absolute atomic E-state index is 6.43. The topological polar surface area (TPSA) is 13.1 Å². The van der Waals surface area contributed by atoms with Gasteiger partial charge in [0.05, 0.1) is 0 Å². The highest BCUT2D eigenvalue weighted by atomic mass is 32.1. The van der Waals surface area contributed by atoms with E-state index in [1.807, 2.05) is 23.5 Å². The minimum Gasteiger partial charge on any atom is -0.455 e. The summed E-state index contributed by atoms with van der Waals surface area (Å²) < 4.78 is 9.11. The van der Waals surface area contributed by atoms with Crippen LogP contribution in [-0.4, -0.2) is 8.07 Å². The van der Waals surface area contributed by atoms with E-state index in [0.717, 1.165) is 33.1 Å². The maximum atomic E-state index is 6.43. The van der Waals surface area contributed by atoms with Crippen molar-refractivity contribution in [2.24, 2.45) is 0 Å². The normalized spacial score (nSPS) is 11.7. The molecule has 0 unspecified atom stereocenters. The van der Waals surface area contributed by atoms with Crippen molar-refractivity contribution in [3.05, 3.63) is 291 Å². The number of hydrogen-bond acceptors (Lipinski definition) is 2. The molecule has 0 aliphatic heterocycles. The monoisotopic (exact) mass is 988 g/mol. The highest BCUT2D eigenvalue weighted by Gasteiger charge is 2.43. The van der Waals surface area contributed by atoms with Gasteiger partial charge in [-0.3, -0.25) is 0 Å². The molecule has 0 N–H and O–H groups in total. The van der Waals surface area contributed by atoms with E-state index in [1.165, 1.54) is 96.6 Å². The van der Waals surface area contributed by atoms with Gasteiger partial charge < -0.3 is 4.42 Å². The third-order valence-electron chi connectivity index (χ3n) is 15.2. The SMILES string of the molecule is c1ccc([Si](c2ccccc2)(c2ccccc2)c2cccc3c2sc2c(-c4cccc(-c5cccc(-c6cccc(-c7cccc(-c8cccc(-c9cccc%10c9oc9ccccc9%10)c8)c7)c6)c5)c4)cccc23)cc1. The standard InChI is InChI=1S/C72H48OSSi/c1-4-30-59(31-5-1)75(60-32-6-2-7-33-60,61-34-8-3-9-35-61)69-43-19-41-67-66-40-18-38-63(71(66)74-72(67)69)58-29-16-27-56(48-58)54-25-14-23-52(46-54)50-21-12-20-49(44-50)51-22-13-24-53(45-51)55-26-15-28-57(47-55)62-37-17-39-65-64-36-10-11-42-68(64)73-70(62)65/h1-48H. The number of fused-ring (bicyclic) bond motifs is 6. The summed E-state index contributed by atoms with van der Waals surface area (Å²) in [5, 5.41) is 10.5. The first-order valence-corrected chi connectivity index (χ1v) is 28.5. The van der Waals surface area contributed by atoms with Gasteiger partial charge in [0.2, 0.25) is 0 Å². The second-order valence-corrected chi connectivity index (χ2v) is 24.3. The molecule has 352 valence electrons. The van der Waals surface area contributed by atoms with Crippen molar-refractivity contribution < 1.29 is 4.42 Å². The summed E-state index contributed by atoms with van der Waals surface area (Å²) >= 11 is 1.95. The van der Waals surface area contributed by atoms with E-state index in [4.69, 9.17) is 4.42 Å². The van der Waals surface area contributed by atoms with E-state index in [0.29, 0.717) is 0 Å². The highest BCUT2D eigenvalue weighted by molar-refractivity contribution is 7.31. The molecule has 75 heavy (non-hydrogen) atoms. The van der Waals surface area contributed by atoms with E-state index >= 15 is 0 Å². The van der Waals surface area contributed by atoms with Gasteiger partial charge in [-0.15, -0.1) is 11.3 Å². The molecule has 0 fully saturated rings. The molecule has 14 rings (SSSR count). The van der Waals surface area contributed by atoms with Gasteiger partial charge in [0.25, 0.3) is 0 Å². The molecule has 0 atom stereocenters. The zero-order valence-corrected chi connectivity index (χ0v) is 42.8. The number of rotatable bonds is 10. The third-order valence-corrected chi connectivity index (χ3v) is 21.5. The lowest BCUT2D eigenvalue weighted by Crippen LogP contribution is -2.74. The smallest absolute Gasteiger partial charge is 0.181 e. The molecule has 0 saturated heterocycles. The Kier molecular flexibility index (Phi) is 11.1. The molecule has 0 radical (unpaired) electrons. The molecule has 14 aromatic rings. The molecule has 0 amide bonds. The number of benzene rings is 12. The number of para-hydroxylation sites is 2. The Morgan fingerprint density at radius 3 is 1.09 bits per heavy atom. The lowest BCUT2D eigenvalue weighted by molar-refractivity contribution is 0.670. The van der Waals surface area contributed by atoms with Crippen LogP contribution in [0.3, 0.4) is 0 Å². The molecule has 12 aromatic carbocycles. The zero-order valence-electron chi connectivity index (χ0n) is 41.0. The van der Waals surface area contributed by atoms with Crippen LogP contribution in [0.25, 0.3) is 109 Å². The van der Waals surface area contributed by atoms with Crippen molar-refractivity contribution in [2.45, 2.75) is 0 Å². The number of hydrogen-bond donors (Lipinski definition) is 0. The summed E-state index contributed by atoms with van der Waals surface area (Å²) in [6.07, 6.45) is 0. The second kappa shape index (κ2) is 18.7. The van der Waals surface area contributed by atoms with Crippen molar-refractivity contribution in [1.29, 1.82) is 0 Å². The fourth-order valence-corrected chi connectivity index (χ4v) is 18.4. The Morgan fingerprint density at radius 2 is 0.600 bits per heavy atom. The van der Waals surface area contributed by atoms with E-state index in [1.54, 1.807) is 0 Å². The van der Waals surface area contributed by atoms with Crippen LogP contribution >= 0.6 is 11.3 Å². The van der Waals surface area contributed by atoms with Crippen molar-refractivity contribution in [3.8, 4) is 66.8 Å². The largest absolute Gasteiger partial charge is 0.455 e. The van der Waals surface area contributed by atoms with Crippen molar-refractivity contribution in [2.75, 3.05) is 0 Å². The van der Waals surface area contributed by atoms with Crippen molar-refractivity contribution in [3.63, 3.8) is 0 Å². The summed E-state index contributed by atoms with van der Waals surface area (Å²) in [6.45, 7) is 0. The molecule has 0 aliphatic rings. The fourth-order valence-electron chi connectivity index (χ4n) is 11.7. The Morgan fingerprint density at radius 1 is 0.253 bits per heavy atom. The predicted molar refractivity (Wildman–Crippen MR) is 323 cm³/mol. The molecule has 2 aromatic heterocycles. The molecule has 0 bridgehead atoms. The third kappa shape index (κ3) is 7.75. The van der Waals surface area contributed by atoms with Gasteiger partial charge in [0.15, 0.2) is 8.07 Å². The Hall–Kier alpha value is -9.12. The molecule has 1 nitrogen and oxygen atoms in total. The second-order valence-electron chi connectivity index (χ2n) is 19.5. The van der Waals surface area contributed by atoms with Crippen molar-refractivity contribution >= 4 is 82.3 Å². The first kappa shape index (κ1) is 44.6. The zero-order chi connectivity index (χ0) is 49.7. The van der Waals surface area contributed by atoms with Crippen LogP contribution in [0.4, 0.5) is 0 Å². The summed E-state index contributed by atoms with van der Waals surface area (Å²) in [4.78, 5) is 0. The summed E-state index contributed by atoms with van der Waals surface area (Å²) in [5.74, 6) is 0. The van der Waals surface area contributed by atoms with Gasteiger partial charge in [-0.2, -0.15) is 0 Å². The first-order valence-electron chi connectivity index (χ1n) is 25.7. The van der Waals surface area contributed by atoms with E-state index < -0.39 is 8.07 Å². The predicted octanol–water partition coefficient (Wildman–Crippen LogP) is 17.3. The quantitative estimate of drug-likeness (QED) is 0.0983. The van der Waals surface area contributed by atoms with Crippen LogP contribution in [0.2, 0.25) is 0 Å². The summed E-state index contributed by atoms with van der Waals surface area (Å²) in [5.41, 5.74) is 16.0.